The second-order valence-corrected chi connectivity index (χ2v) is 5.25. The predicted octanol–water partition coefficient (Wildman–Crippen LogP) is 1.64. The molecule has 0 aliphatic carbocycles. The van der Waals surface area contributed by atoms with Crippen LogP contribution in [0.1, 0.15) is 5.82 Å². The van der Waals surface area contributed by atoms with E-state index in [2.05, 4.69) is 15.3 Å². The van der Waals surface area contributed by atoms with Gasteiger partial charge in [0.25, 0.3) is 0 Å². The van der Waals surface area contributed by atoms with Gasteiger partial charge >= 0.3 is 0 Å². The molecule has 0 radical (unpaired) electrons. The third-order valence-electron chi connectivity index (χ3n) is 2.25. The number of aromatic nitrogens is 4. The lowest BCUT2D eigenvalue weighted by Crippen LogP contribution is -1.97. The van der Waals surface area contributed by atoms with Crippen LogP contribution in [0.5, 0.6) is 0 Å². The van der Waals surface area contributed by atoms with Gasteiger partial charge in [0, 0.05) is 12.7 Å². The Bertz CT molecular complexity index is 655. The SMILES string of the molecule is COCc1nnc2sc(-c3ccsc3N)nn12. The highest BCUT2D eigenvalue weighted by molar-refractivity contribution is 7.20. The molecule has 0 aromatic carbocycles. The van der Waals surface area contributed by atoms with Crippen LogP contribution in [0.4, 0.5) is 5.00 Å². The summed E-state index contributed by atoms with van der Waals surface area (Å²) in [5, 5.41) is 16.1. The van der Waals surface area contributed by atoms with Gasteiger partial charge in [0.05, 0.1) is 5.00 Å². The van der Waals surface area contributed by atoms with Crippen molar-refractivity contribution in [3.63, 3.8) is 0 Å². The molecule has 8 heteroatoms. The fourth-order valence-corrected chi connectivity index (χ4v) is 3.09. The highest BCUT2D eigenvalue weighted by atomic mass is 32.1. The maximum absolute atomic E-state index is 5.88. The second-order valence-electron chi connectivity index (χ2n) is 3.35. The van der Waals surface area contributed by atoms with Crippen molar-refractivity contribution in [1.29, 1.82) is 0 Å². The van der Waals surface area contributed by atoms with Crippen LogP contribution in [0, 0.1) is 0 Å². The number of methoxy groups -OCH3 is 1. The Labute approximate surface area is 105 Å². The first-order valence-corrected chi connectivity index (χ1v) is 6.52. The van der Waals surface area contributed by atoms with E-state index in [1.165, 1.54) is 22.7 Å². The molecule has 88 valence electrons. The maximum Gasteiger partial charge on any atom is 0.235 e. The Hall–Kier alpha value is -1.51. The maximum atomic E-state index is 5.88. The van der Waals surface area contributed by atoms with E-state index in [9.17, 15) is 0 Å². The molecule has 3 heterocycles. The molecule has 0 fully saturated rings. The molecular formula is C9H9N5OS2. The van der Waals surface area contributed by atoms with E-state index in [1.54, 1.807) is 11.6 Å². The zero-order valence-electron chi connectivity index (χ0n) is 8.95. The van der Waals surface area contributed by atoms with Gasteiger partial charge in [-0.25, -0.2) is 0 Å². The first-order valence-electron chi connectivity index (χ1n) is 4.83. The Balaban J connectivity index is 2.11. The first-order chi connectivity index (χ1) is 8.29. The molecule has 0 saturated carbocycles. The summed E-state index contributed by atoms with van der Waals surface area (Å²) in [4.78, 5) is 0.748. The molecule has 0 unspecified atom stereocenters. The molecule has 0 saturated heterocycles. The summed E-state index contributed by atoms with van der Waals surface area (Å²) in [6.45, 7) is 0.392. The Morgan fingerprint density at radius 2 is 2.35 bits per heavy atom. The Morgan fingerprint density at radius 1 is 1.47 bits per heavy atom. The first kappa shape index (κ1) is 10.6. The van der Waals surface area contributed by atoms with E-state index in [-0.39, 0.29) is 0 Å². The molecule has 0 aliphatic rings. The minimum Gasteiger partial charge on any atom is -0.390 e. The van der Waals surface area contributed by atoms with Crippen LogP contribution in [0.2, 0.25) is 0 Å². The average Bonchev–Trinajstić information content (AvgIpc) is 2.95. The number of hydrogen-bond donors (Lipinski definition) is 1. The normalized spacial score (nSPS) is 11.4. The third-order valence-corrected chi connectivity index (χ3v) is 3.93. The van der Waals surface area contributed by atoms with Crippen molar-refractivity contribution in [1.82, 2.24) is 19.8 Å². The lowest BCUT2D eigenvalue weighted by atomic mass is 10.3. The van der Waals surface area contributed by atoms with Crippen molar-refractivity contribution in [2.75, 3.05) is 12.8 Å². The van der Waals surface area contributed by atoms with E-state index in [1.807, 2.05) is 11.4 Å². The van der Waals surface area contributed by atoms with Crippen LogP contribution in [0.25, 0.3) is 15.5 Å². The number of hydrogen-bond acceptors (Lipinski definition) is 7. The lowest BCUT2D eigenvalue weighted by Gasteiger charge is -1.93. The van der Waals surface area contributed by atoms with Crippen molar-refractivity contribution in [2.45, 2.75) is 6.61 Å². The number of anilines is 1. The number of fused-ring (bicyclic) bond motifs is 1. The number of rotatable bonds is 3. The quantitative estimate of drug-likeness (QED) is 0.780. The molecule has 0 amide bonds. The van der Waals surface area contributed by atoms with Gasteiger partial charge in [-0.1, -0.05) is 11.3 Å². The molecule has 0 spiro atoms. The highest BCUT2D eigenvalue weighted by Crippen LogP contribution is 2.33. The van der Waals surface area contributed by atoms with Gasteiger partial charge in [0.1, 0.15) is 6.61 Å². The number of nitrogen functional groups attached to an aromatic ring is 1. The van der Waals surface area contributed by atoms with Gasteiger partial charge in [-0.3, -0.25) is 0 Å². The molecule has 3 rings (SSSR count). The van der Waals surface area contributed by atoms with Gasteiger partial charge in [-0.2, -0.15) is 9.61 Å². The van der Waals surface area contributed by atoms with Crippen LogP contribution < -0.4 is 5.73 Å². The standard InChI is InChI=1S/C9H9N5OS2/c1-15-4-6-11-12-9-14(6)13-8(17-9)5-2-3-16-7(5)10/h2-3H,4,10H2,1H3. The van der Waals surface area contributed by atoms with E-state index in [4.69, 9.17) is 10.5 Å². The molecule has 2 N–H and O–H groups in total. The topological polar surface area (TPSA) is 78.3 Å². The summed E-state index contributed by atoms with van der Waals surface area (Å²) in [6, 6.07) is 1.96. The predicted molar refractivity (Wildman–Crippen MR) is 67.1 cm³/mol. The van der Waals surface area contributed by atoms with Gasteiger partial charge in [0.15, 0.2) is 10.8 Å². The van der Waals surface area contributed by atoms with Gasteiger partial charge in [-0.15, -0.1) is 21.5 Å². The molecule has 0 atom stereocenters. The molecule has 6 nitrogen and oxygen atoms in total. The van der Waals surface area contributed by atoms with Crippen LogP contribution >= 0.6 is 22.7 Å². The zero-order chi connectivity index (χ0) is 11.8. The Morgan fingerprint density at radius 3 is 3.06 bits per heavy atom. The number of nitrogens with two attached hydrogens (primary N) is 1. The van der Waals surface area contributed by atoms with Crippen molar-refractivity contribution in [2.24, 2.45) is 0 Å². The highest BCUT2D eigenvalue weighted by Gasteiger charge is 2.14. The summed E-state index contributed by atoms with van der Waals surface area (Å²) in [7, 11) is 1.62. The van der Waals surface area contributed by atoms with E-state index >= 15 is 0 Å². The average molecular weight is 267 g/mol. The van der Waals surface area contributed by atoms with Crippen LogP contribution in [0.3, 0.4) is 0 Å². The molecule has 3 aromatic heterocycles. The lowest BCUT2D eigenvalue weighted by molar-refractivity contribution is 0.176. The van der Waals surface area contributed by atoms with E-state index in [0.717, 1.165) is 20.5 Å². The van der Waals surface area contributed by atoms with Crippen molar-refractivity contribution < 1.29 is 4.74 Å². The fourth-order valence-electron chi connectivity index (χ4n) is 1.48. The van der Waals surface area contributed by atoms with Gasteiger partial charge < -0.3 is 10.5 Å². The second kappa shape index (κ2) is 4.06. The van der Waals surface area contributed by atoms with Gasteiger partial charge in [0.2, 0.25) is 4.96 Å². The number of ether oxygens (including phenoxy) is 1. The monoisotopic (exact) mass is 267 g/mol. The van der Waals surface area contributed by atoms with Crippen LogP contribution in [-0.2, 0) is 11.3 Å². The smallest absolute Gasteiger partial charge is 0.235 e. The van der Waals surface area contributed by atoms with Gasteiger partial charge in [-0.05, 0) is 11.4 Å². The van der Waals surface area contributed by atoms with Crippen molar-refractivity contribution in [3.8, 4) is 10.6 Å². The number of thiophene rings is 1. The molecule has 0 bridgehead atoms. The number of nitrogens with zero attached hydrogens (tertiary/aromatic N) is 4. The molecule has 3 aromatic rings. The molecule has 0 aliphatic heterocycles. The summed E-state index contributed by atoms with van der Waals surface area (Å²) in [5.41, 5.74) is 6.83. The molecule has 17 heavy (non-hydrogen) atoms. The fraction of sp³-hybridized carbons (Fsp3) is 0.222. The van der Waals surface area contributed by atoms with E-state index in [0.29, 0.717) is 12.4 Å². The van der Waals surface area contributed by atoms with E-state index < -0.39 is 0 Å². The van der Waals surface area contributed by atoms with Crippen molar-refractivity contribution >= 4 is 32.6 Å². The minimum absolute atomic E-state index is 0.392. The Kier molecular flexibility index (Phi) is 2.54. The zero-order valence-corrected chi connectivity index (χ0v) is 10.6. The minimum atomic E-state index is 0.392. The summed E-state index contributed by atoms with van der Waals surface area (Å²) < 4.78 is 6.73. The largest absolute Gasteiger partial charge is 0.390 e. The molecular weight excluding hydrogens is 258 g/mol. The van der Waals surface area contributed by atoms with Crippen molar-refractivity contribution in [3.05, 3.63) is 17.3 Å². The summed E-state index contributed by atoms with van der Waals surface area (Å²) in [5.74, 6) is 0.693. The summed E-state index contributed by atoms with van der Waals surface area (Å²) in [6.07, 6.45) is 0. The van der Waals surface area contributed by atoms with Crippen LogP contribution in [-0.4, -0.2) is 26.9 Å². The summed E-state index contributed by atoms with van der Waals surface area (Å²) >= 11 is 2.97. The third kappa shape index (κ3) is 1.70. The van der Waals surface area contributed by atoms with Crippen LogP contribution in [0.15, 0.2) is 11.4 Å².